The first kappa shape index (κ1) is 8.43. The lowest BCUT2D eigenvalue weighted by Gasteiger charge is -2.02. The Morgan fingerprint density at radius 2 is 2.36 bits per heavy atom. The van der Waals surface area contributed by atoms with Crippen LogP contribution in [-0.2, 0) is 0 Å². The first-order valence-electron chi connectivity index (χ1n) is 3.39. The zero-order chi connectivity index (χ0) is 8.43. The van der Waals surface area contributed by atoms with Gasteiger partial charge in [0.25, 0.3) is 0 Å². The van der Waals surface area contributed by atoms with Crippen molar-refractivity contribution in [2.24, 2.45) is 0 Å². The molecule has 3 heteroatoms. The molecule has 0 radical (unpaired) electrons. The van der Waals surface area contributed by atoms with E-state index in [9.17, 15) is 9.90 Å². The Morgan fingerprint density at radius 1 is 1.73 bits per heavy atom. The van der Waals surface area contributed by atoms with E-state index in [2.05, 4.69) is 0 Å². The number of aliphatic hydroxyl groups is 1. The highest BCUT2D eigenvalue weighted by Crippen LogP contribution is 2.23. The molecule has 1 unspecified atom stereocenters. The van der Waals surface area contributed by atoms with Crippen LogP contribution >= 0.6 is 11.3 Å². The average molecular weight is 170 g/mol. The standard InChI is InChI=1S/C8H10O2S/c1-5(9)7-3-4-11-8(7)6(2)10/h3-5,9H,1-2H3. The number of ketones is 1. The molecule has 0 aliphatic carbocycles. The SMILES string of the molecule is CC(=O)c1sccc1C(C)O. The molecule has 1 heterocycles. The summed E-state index contributed by atoms with van der Waals surface area (Å²) in [6, 6.07) is 1.78. The van der Waals surface area contributed by atoms with Crippen LogP contribution in [0, 0.1) is 0 Å². The molecule has 1 rings (SSSR count). The summed E-state index contributed by atoms with van der Waals surface area (Å²) in [6.07, 6.45) is -0.542. The van der Waals surface area contributed by atoms with E-state index in [1.54, 1.807) is 13.0 Å². The second-order valence-corrected chi connectivity index (χ2v) is 3.35. The van der Waals surface area contributed by atoms with Crippen molar-refractivity contribution in [3.63, 3.8) is 0 Å². The maximum atomic E-state index is 10.9. The molecule has 0 saturated carbocycles. The largest absolute Gasteiger partial charge is 0.389 e. The molecule has 11 heavy (non-hydrogen) atoms. The molecule has 0 aromatic carbocycles. The van der Waals surface area contributed by atoms with Gasteiger partial charge in [-0.15, -0.1) is 11.3 Å². The number of thiophene rings is 1. The molecule has 1 atom stereocenters. The van der Waals surface area contributed by atoms with E-state index in [1.807, 2.05) is 5.38 Å². The fourth-order valence-corrected chi connectivity index (χ4v) is 1.83. The van der Waals surface area contributed by atoms with Crippen molar-refractivity contribution in [2.75, 3.05) is 0 Å². The number of carbonyl (C=O) groups is 1. The van der Waals surface area contributed by atoms with E-state index >= 15 is 0 Å². The minimum absolute atomic E-state index is 0.0240. The summed E-state index contributed by atoms with van der Waals surface area (Å²) in [6.45, 7) is 3.17. The molecule has 1 aromatic heterocycles. The molecule has 0 spiro atoms. The van der Waals surface area contributed by atoms with Gasteiger partial charge in [0.1, 0.15) is 0 Å². The van der Waals surface area contributed by atoms with Gasteiger partial charge >= 0.3 is 0 Å². The van der Waals surface area contributed by atoms with Gasteiger partial charge in [-0.1, -0.05) is 0 Å². The molecule has 60 valence electrons. The second kappa shape index (κ2) is 3.15. The minimum Gasteiger partial charge on any atom is -0.389 e. The Hall–Kier alpha value is -0.670. The van der Waals surface area contributed by atoms with Crippen LogP contribution in [0.15, 0.2) is 11.4 Å². The van der Waals surface area contributed by atoms with Crippen molar-refractivity contribution >= 4 is 17.1 Å². The van der Waals surface area contributed by atoms with E-state index in [0.29, 0.717) is 4.88 Å². The number of carbonyl (C=O) groups excluding carboxylic acids is 1. The van der Waals surface area contributed by atoms with Crippen LogP contribution in [0.1, 0.15) is 35.2 Å². The van der Waals surface area contributed by atoms with E-state index < -0.39 is 6.10 Å². The first-order chi connectivity index (χ1) is 5.13. The van der Waals surface area contributed by atoms with Crippen molar-refractivity contribution in [1.29, 1.82) is 0 Å². The summed E-state index contributed by atoms with van der Waals surface area (Å²) in [7, 11) is 0. The lowest BCUT2D eigenvalue weighted by atomic mass is 10.1. The summed E-state index contributed by atoms with van der Waals surface area (Å²) in [5.41, 5.74) is 0.738. The Bertz CT molecular complexity index is 263. The molecule has 0 amide bonds. The predicted octanol–water partition coefficient (Wildman–Crippen LogP) is 2.00. The van der Waals surface area contributed by atoms with Gasteiger partial charge in [-0.3, -0.25) is 4.79 Å². The first-order valence-corrected chi connectivity index (χ1v) is 4.27. The van der Waals surface area contributed by atoms with Crippen LogP contribution in [0.25, 0.3) is 0 Å². The normalized spacial score (nSPS) is 13.0. The third-order valence-electron chi connectivity index (χ3n) is 1.47. The molecule has 1 N–H and O–H groups in total. The summed E-state index contributed by atoms with van der Waals surface area (Å²) in [5.74, 6) is 0.0240. The zero-order valence-electron chi connectivity index (χ0n) is 6.50. The summed E-state index contributed by atoms with van der Waals surface area (Å²) in [4.78, 5) is 11.6. The molecule has 1 aromatic rings. The Labute approximate surface area is 69.5 Å². The highest BCUT2D eigenvalue weighted by molar-refractivity contribution is 7.12. The van der Waals surface area contributed by atoms with E-state index in [-0.39, 0.29) is 5.78 Å². The topological polar surface area (TPSA) is 37.3 Å². The highest BCUT2D eigenvalue weighted by Gasteiger charge is 2.11. The second-order valence-electron chi connectivity index (χ2n) is 2.44. The maximum Gasteiger partial charge on any atom is 0.170 e. The highest BCUT2D eigenvalue weighted by atomic mass is 32.1. The fraction of sp³-hybridized carbons (Fsp3) is 0.375. The van der Waals surface area contributed by atoms with Crippen molar-refractivity contribution in [3.05, 3.63) is 21.9 Å². The number of Topliss-reactive ketones (excluding diaryl/α,β-unsaturated/α-hetero) is 1. The Kier molecular flexibility index (Phi) is 2.42. The van der Waals surface area contributed by atoms with E-state index in [0.717, 1.165) is 5.56 Å². The molecule has 0 bridgehead atoms. The predicted molar refractivity (Wildman–Crippen MR) is 45.0 cm³/mol. The monoisotopic (exact) mass is 170 g/mol. The minimum atomic E-state index is -0.542. The van der Waals surface area contributed by atoms with Crippen molar-refractivity contribution in [3.8, 4) is 0 Å². The van der Waals surface area contributed by atoms with Gasteiger partial charge in [-0.25, -0.2) is 0 Å². The maximum absolute atomic E-state index is 10.9. The van der Waals surface area contributed by atoms with Gasteiger partial charge < -0.3 is 5.11 Å². The van der Waals surface area contributed by atoms with Gasteiger partial charge in [0.05, 0.1) is 11.0 Å². The van der Waals surface area contributed by atoms with Gasteiger partial charge in [0, 0.05) is 5.56 Å². The quantitative estimate of drug-likeness (QED) is 0.689. The summed E-state index contributed by atoms with van der Waals surface area (Å²) in [5, 5.41) is 11.0. The van der Waals surface area contributed by atoms with E-state index in [4.69, 9.17) is 0 Å². The lowest BCUT2D eigenvalue weighted by molar-refractivity contribution is 0.101. The molecule has 0 fully saturated rings. The Balaban J connectivity index is 3.06. The smallest absolute Gasteiger partial charge is 0.170 e. The van der Waals surface area contributed by atoms with Gasteiger partial charge in [-0.05, 0) is 25.3 Å². The van der Waals surface area contributed by atoms with Crippen LogP contribution in [0.2, 0.25) is 0 Å². The van der Waals surface area contributed by atoms with Crippen LogP contribution in [0.4, 0.5) is 0 Å². The summed E-state index contributed by atoms with van der Waals surface area (Å²) >= 11 is 1.38. The number of aliphatic hydroxyl groups excluding tert-OH is 1. The number of rotatable bonds is 2. The molecule has 0 aliphatic rings. The van der Waals surface area contributed by atoms with Crippen molar-refractivity contribution < 1.29 is 9.90 Å². The molecule has 0 saturated heterocycles. The molecule has 0 aliphatic heterocycles. The fourth-order valence-electron chi connectivity index (χ4n) is 0.934. The van der Waals surface area contributed by atoms with Gasteiger partial charge in [-0.2, -0.15) is 0 Å². The Morgan fingerprint density at radius 3 is 2.73 bits per heavy atom. The molecule has 2 nitrogen and oxygen atoms in total. The molecular weight excluding hydrogens is 160 g/mol. The van der Waals surface area contributed by atoms with Crippen LogP contribution in [-0.4, -0.2) is 10.9 Å². The lowest BCUT2D eigenvalue weighted by Crippen LogP contribution is -1.97. The summed E-state index contributed by atoms with van der Waals surface area (Å²) < 4.78 is 0. The van der Waals surface area contributed by atoms with E-state index in [1.165, 1.54) is 18.3 Å². The van der Waals surface area contributed by atoms with Crippen LogP contribution < -0.4 is 0 Å². The van der Waals surface area contributed by atoms with Crippen molar-refractivity contribution in [1.82, 2.24) is 0 Å². The van der Waals surface area contributed by atoms with Crippen LogP contribution in [0.5, 0.6) is 0 Å². The average Bonchev–Trinajstić information content (AvgIpc) is 2.32. The third kappa shape index (κ3) is 1.67. The third-order valence-corrected chi connectivity index (χ3v) is 2.50. The van der Waals surface area contributed by atoms with Crippen molar-refractivity contribution in [2.45, 2.75) is 20.0 Å². The van der Waals surface area contributed by atoms with Crippen LogP contribution in [0.3, 0.4) is 0 Å². The number of hydrogen-bond donors (Lipinski definition) is 1. The molecular formula is C8H10O2S. The zero-order valence-corrected chi connectivity index (χ0v) is 7.31. The van der Waals surface area contributed by atoms with Gasteiger partial charge in [0.15, 0.2) is 5.78 Å². The van der Waals surface area contributed by atoms with Gasteiger partial charge in [0.2, 0.25) is 0 Å². The number of hydrogen-bond acceptors (Lipinski definition) is 3.